The van der Waals surface area contributed by atoms with Gasteiger partial charge in [0.25, 0.3) is 11.8 Å². The fraction of sp³-hybridized carbons (Fsp3) is 0.238. The second kappa shape index (κ2) is 13.1. The van der Waals surface area contributed by atoms with E-state index in [4.69, 9.17) is 13.8 Å². The van der Waals surface area contributed by atoms with Gasteiger partial charge in [-0.3, -0.25) is 14.5 Å². The Morgan fingerprint density at radius 3 is 1.87 bits per heavy atom. The molecule has 0 radical (unpaired) electrons. The first-order valence-corrected chi connectivity index (χ1v) is 17.6. The molecule has 12 nitrogen and oxygen atoms in total. The Balaban J connectivity index is 0.000000154. The quantitative estimate of drug-likeness (QED) is 0.161. The Hall–Kier alpha value is -6.08. The molecule has 6 aromatic rings. The van der Waals surface area contributed by atoms with Gasteiger partial charge in [-0.1, -0.05) is 77.0 Å². The Kier molecular flexibility index (Phi) is 8.48. The molecule has 0 aliphatic carbocycles. The summed E-state index contributed by atoms with van der Waals surface area (Å²) < 4.78 is 16.1. The molecule has 274 valence electrons. The molecule has 2 amide bonds. The summed E-state index contributed by atoms with van der Waals surface area (Å²) in [5.74, 6) is 1.28. The molecular weight excluding hydrogens is 686 g/mol. The molecule has 5 heterocycles. The zero-order chi connectivity index (χ0) is 37.9. The molecule has 54 heavy (non-hydrogen) atoms. The van der Waals surface area contributed by atoms with E-state index in [1.807, 2.05) is 87.2 Å². The number of rotatable bonds is 6. The molecule has 1 saturated heterocycles. The number of methoxy groups -OCH3 is 1. The molecule has 1 fully saturated rings. The number of carbonyl (C=O) groups is 2. The lowest BCUT2D eigenvalue weighted by molar-refractivity contribution is -0.133. The van der Waals surface area contributed by atoms with Gasteiger partial charge in [-0.15, -0.1) is 0 Å². The number of aliphatic hydroxyl groups excluding tert-OH is 1. The van der Waals surface area contributed by atoms with E-state index < -0.39 is 23.2 Å². The third kappa shape index (κ3) is 5.24. The molecule has 4 N–H and O–H groups in total. The van der Waals surface area contributed by atoms with Crippen LogP contribution < -0.4 is 15.4 Å². The number of nitrogens with one attached hydrogen (secondary N) is 2. The average molecular weight is 726 g/mol. The predicted octanol–water partition coefficient (Wildman–Crippen LogP) is 5.99. The first-order chi connectivity index (χ1) is 26.0. The summed E-state index contributed by atoms with van der Waals surface area (Å²) in [5.41, 5.74) is 6.31. The number of β-amino-alcohol motifs (C(OH)–C–C–N with tert-alkyl or cyclic N) is 1. The van der Waals surface area contributed by atoms with Gasteiger partial charge < -0.3 is 34.6 Å². The van der Waals surface area contributed by atoms with E-state index in [1.54, 1.807) is 30.3 Å². The van der Waals surface area contributed by atoms with Crippen molar-refractivity contribution in [3.63, 3.8) is 0 Å². The van der Waals surface area contributed by atoms with Gasteiger partial charge in [0.15, 0.2) is 11.1 Å². The molecule has 2 unspecified atom stereocenters. The van der Waals surface area contributed by atoms with Crippen molar-refractivity contribution in [3.8, 4) is 28.0 Å². The highest BCUT2D eigenvalue weighted by molar-refractivity contribution is 6.10. The number of hydrogen-bond donors (Lipinski definition) is 4. The van der Waals surface area contributed by atoms with E-state index >= 15 is 0 Å². The number of aliphatic hydroxyl groups is 2. The van der Waals surface area contributed by atoms with Crippen molar-refractivity contribution in [1.29, 1.82) is 0 Å². The zero-order valence-corrected chi connectivity index (χ0v) is 30.4. The number of nitrogens with zero attached hydrogens (tertiary/aromatic N) is 3. The number of amides is 2. The summed E-state index contributed by atoms with van der Waals surface area (Å²) in [6, 6.07) is 28.2. The lowest BCUT2D eigenvalue weighted by atomic mass is 9.79. The van der Waals surface area contributed by atoms with Gasteiger partial charge in [0.1, 0.15) is 17.3 Å². The van der Waals surface area contributed by atoms with Gasteiger partial charge in [-0.25, -0.2) is 0 Å². The van der Waals surface area contributed by atoms with Crippen LogP contribution in [0.2, 0.25) is 0 Å². The average Bonchev–Trinajstić information content (AvgIpc) is 3.86. The van der Waals surface area contributed by atoms with Crippen molar-refractivity contribution in [1.82, 2.24) is 15.2 Å². The van der Waals surface area contributed by atoms with Gasteiger partial charge in [-0.05, 0) is 74.2 Å². The number of benzene rings is 4. The lowest BCUT2D eigenvalue weighted by Crippen LogP contribution is -2.63. The largest absolute Gasteiger partial charge is 0.495 e. The predicted molar refractivity (Wildman–Crippen MR) is 201 cm³/mol. The van der Waals surface area contributed by atoms with Crippen LogP contribution in [0, 0.1) is 27.7 Å². The molecule has 0 saturated carbocycles. The summed E-state index contributed by atoms with van der Waals surface area (Å²) in [7, 11) is 1.53. The zero-order valence-electron chi connectivity index (χ0n) is 30.4. The maximum atomic E-state index is 13.4. The minimum absolute atomic E-state index is 0.0866. The minimum Gasteiger partial charge on any atom is -0.495 e. The normalized spacial score (nSPS) is 20.4. The van der Waals surface area contributed by atoms with Gasteiger partial charge >= 0.3 is 0 Å². The van der Waals surface area contributed by atoms with E-state index in [0.717, 1.165) is 56.2 Å². The van der Waals surface area contributed by atoms with Crippen LogP contribution >= 0.6 is 0 Å². The first kappa shape index (κ1) is 35.0. The third-order valence-corrected chi connectivity index (χ3v) is 10.6. The summed E-state index contributed by atoms with van der Waals surface area (Å²) in [4.78, 5) is 28.1. The van der Waals surface area contributed by atoms with Crippen LogP contribution in [0.5, 0.6) is 5.75 Å². The van der Waals surface area contributed by atoms with Crippen LogP contribution in [0.3, 0.4) is 0 Å². The van der Waals surface area contributed by atoms with Gasteiger partial charge in [0.2, 0.25) is 0 Å². The molecule has 3 aliphatic rings. The second-order valence-electron chi connectivity index (χ2n) is 13.9. The van der Waals surface area contributed by atoms with Crippen LogP contribution in [0.1, 0.15) is 45.2 Å². The van der Waals surface area contributed by atoms with E-state index in [1.165, 1.54) is 7.11 Å². The Morgan fingerprint density at radius 2 is 1.31 bits per heavy atom. The lowest BCUT2D eigenvalue weighted by Gasteiger charge is -2.48. The van der Waals surface area contributed by atoms with Crippen molar-refractivity contribution < 1.29 is 33.6 Å². The fourth-order valence-electron chi connectivity index (χ4n) is 8.05. The highest BCUT2D eigenvalue weighted by atomic mass is 16.5. The molecule has 4 aromatic carbocycles. The molecule has 9 rings (SSSR count). The summed E-state index contributed by atoms with van der Waals surface area (Å²) in [5, 5.41) is 35.2. The molecule has 2 aromatic heterocycles. The number of aryl methyl sites for hydroxylation is 4. The van der Waals surface area contributed by atoms with Crippen molar-refractivity contribution in [2.45, 2.75) is 44.9 Å². The molecule has 12 heteroatoms. The van der Waals surface area contributed by atoms with Crippen molar-refractivity contribution in [3.05, 3.63) is 136 Å². The second-order valence-corrected chi connectivity index (χ2v) is 13.9. The number of likely N-dealkylation sites (tertiary alicyclic amines) is 1. The standard InChI is InChI=1S/C22H21N3O3.C20H18N2O4/c1-13-20(14(2)28-24-13)15-8-9-19-18(10-15)22(21(27)23-19,25-11-17(26)12-25)16-6-4-3-5-7-16;1-11-17(12(2)26-22-11)13-9-15-18(16(10-13)25-3)21-19(23)20(15,24)14-7-5-4-6-8-14/h3-10,17,26H,11-12H2,1-2H3,(H,23,27);4-10,24H,1-3H3,(H,21,23). The highest BCUT2D eigenvalue weighted by Crippen LogP contribution is 2.50. The van der Waals surface area contributed by atoms with Crippen molar-refractivity contribution in [2.24, 2.45) is 0 Å². The number of aromatic nitrogens is 2. The number of ether oxygens (including phenoxy) is 1. The van der Waals surface area contributed by atoms with Crippen molar-refractivity contribution >= 4 is 23.2 Å². The minimum atomic E-state index is -1.79. The van der Waals surface area contributed by atoms with E-state index in [-0.39, 0.29) is 5.91 Å². The van der Waals surface area contributed by atoms with E-state index in [0.29, 0.717) is 41.4 Å². The van der Waals surface area contributed by atoms with Crippen LogP contribution in [0.25, 0.3) is 22.3 Å². The SMILES string of the molecule is COc1cc(-c2c(C)noc2C)cc2c1NC(=O)C2(O)c1ccccc1.Cc1noc(C)c1-c1ccc2c(c1)C(c1ccccc1)(N1CC(O)C1)C(=O)N2. The highest BCUT2D eigenvalue weighted by Gasteiger charge is 2.56. The first-order valence-electron chi connectivity index (χ1n) is 17.6. The third-order valence-electron chi connectivity index (χ3n) is 10.6. The van der Waals surface area contributed by atoms with E-state index in [2.05, 4.69) is 27.0 Å². The number of fused-ring (bicyclic) bond motifs is 2. The monoisotopic (exact) mass is 725 g/mol. The molecule has 0 bridgehead atoms. The van der Waals surface area contributed by atoms with Crippen LogP contribution in [-0.2, 0) is 20.7 Å². The topological polar surface area (TPSA) is 163 Å². The van der Waals surface area contributed by atoms with E-state index in [9.17, 15) is 19.8 Å². The molecule has 0 spiro atoms. The summed E-state index contributed by atoms with van der Waals surface area (Å²) >= 11 is 0. The fourth-order valence-corrected chi connectivity index (χ4v) is 8.05. The Labute approximate surface area is 311 Å². The van der Waals surface area contributed by atoms with Gasteiger partial charge in [-0.2, -0.15) is 0 Å². The maximum Gasteiger partial charge on any atom is 0.265 e. The molecule has 2 atom stereocenters. The van der Waals surface area contributed by atoms with Gasteiger partial charge in [0, 0.05) is 41.0 Å². The summed E-state index contributed by atoms with van der Waals surface area (Å²) in [6.07, 6.45) is -0.414. The molecular formula is C42H39N5O7. The number of carbonyl (C=O) groups excluding carboxylic acids is 2. The van der Waals surface area contributed by atoms with Crippen LogP contribution in [-0.4, -0.2) is 63.5 Å². The molecule has 3 aliphatic heterocycles. The van der Waals surface area contributed by atoms with Crippen molar-refractivity contribution in [2.75, 3.05) is 30.8 Å². The van der Waals surface area contributed by atoms with Crippen LogP contribution in [0.15, 0.2) is 100 Å². The number of anilines is 2. The number of hydrogen-bond acceptors (Lipinski definition) is 10. The van der Waals surface area contributed by atoms with Crippen LogP contribution in [0.4, 0.5) is 11.4 Å². The summed E-state index contributed by atoms with van der Waals surface area (Å²) in [6.45, 7) is 8.38. The Morgan fingerprint density at radius 1 is 0.741 bits per heavy atom. The Bertz CT molecular complexity index is 2380. The van der Waals surface area contributed by atoms with Gasteiger partial charge in [0.05, 0.1) is 30.3 Å². The maximum absolute atomic E-state index is 13.4. The smallest absolute Gasteiger partial charge is 0.265 e.